The van der Waals surface area contributed by atoms with Crippen LogP contribution in [0.5, 0.6) is 0 Å². The molecule has 0 aliphatic carbocycles. The van der Waals surface area contributed by atoms with Gasteiger partial charge < -0.3 is 15.2 Å². The summed E-state index contributed by atoms with van der Waals surface area (Å²) in [5, 5.41) is 11.5. The van der Waals surface area contributed by atoms with Crippen molar-refractivity contribution < 1.29 is 19.4 Å². The molecule has 0 spiro atoms. The van der Waals surface area contributed by atoms with E-state index in [9.17, 15) is 9.59 Å². The normalized spacial score (nSPS) is 16.5. The number of ether oxygens (including phenoxy) is 1. The van der Waals surface area contributed by atoms with Crippen molar-refractivity contribution >= 4 is 11.9 Å². The van der Waals surface area contributed by atoms with Crippen molar-refractivity contribution in [1.82, 2.24) is 5.32 Å². The number of nitrogens with one attached hydrogen (secondary N) is 1. The molecule has 0 aromatic heterocycles. The number of aliphatic carboxylic acids is 1. The van der Waals surface area contributed by atoms with Gasteiger partial charge in [0.1, 0.15) is 6.10 Å². The molecule has 0 heterocycles. The Morgan fingerprint density at radius 1 is 1.53 bits per heavy atom. The second-order valence-electron chi connectivity index (χ2n) is 3.82. The fourth-order valence-corrected chi connectivity index (χ4v) is 0.885. The topological polar surface area (TPSA) is 75.6 Å². The Labute approximate surface area is 89.8 Å². The van der Waals surface area contributed by atoms with Gasteiger partial charge in [0.25, 0.3) is 0 Å². The molecule has 5 heteroatoms. The zero-order valence-corrected chi connectivity index (χ0v) is 9.66. The quantitative estimate of drug-likeness (QED) is 0.684. The van der Waals surface area contributed by atoms with Crippen LogP contribution >= 0.6 is 0 Å². The first-order valence-electron chi connectivity index (χ1n) is 4.91. The van der Waals surface area contributed by atoms with E-state index in [2.05, 4.69) is 5.32 Å². The highest BCUT2D eigenvalue weighted by Gasteiger charge is 2.31. The second kappa shape index (κ2) is 5.70. The van der Waals surface area contributed by atoms with Gasteiger partial charge in [-0.25, -0.2) is 0 Å². The van der Waals surface area contributed by atoms with Crippen LogP contribution in [0.25, 0.3) is 0 Å². The number of rotatable bonds is 6. The van der Waals surface area contributed by atoms with Crippen LogP contribution in [-0.2, 0) is 14.3 Å². The van der Waals surface area contributed by atoms with E-state index in [1.807, 2.05) is 0 Å². The Balaban J connectivity index is 4.24. The van der Waals surface area contributed by atoms with Gasteiger partial charge in [-0.05, 0) is 20.3 Å². The molecule has 0 radical (unpaired) electrons. The molecule has 2 N–H and O–H groups in total. The highest BCUT2D eigenvalue weighted by molar-refractivity contribution is 5.81. The molecule has 2 atom stereocenters. The average molecular weight is 217 g/mol. The molecule has 0 aromatic carbocycles. The van der Waals surface area contributed by atoms with Crippen molar-refractivity contribution in [2.45, 2.75) is 33.3 Å². The molecule has 0 saturated carbocycles. The van der Waals surface area contributed by atoms with Gasteiger partial charge in [-0.15, -0.1) is 0 Å². The Hall–Kier alpha value is -1.10. The average Bonchev–Trinajstić information content (AvgIpc) is 2.23. The summed E-state index contributed by atoms with van der Waals surface area (Å²) in [4.78, 5) is 22.3. The van der Waals surface area contributed by atoms with Crippen LogP contribution in [0.15, 0.2) is 0 Å². The molecule has 0 aliphatic heterocycles. The molecule has 0 bridgehead atoms. The molecule has 0 aliphatic rings. The smallest absolute Gasteiger partial charge is 0.311 e. The van der Waals surface area contributed by atoms with Crippen LogP contribution in [0.4, 0.5) is 0 Å². The van der Waals surface area contributed by atoms with Gasteiger partial charge in [0.2, 0.25) is 5.91 Å². The van der Waals surface area contributed by atoms with E-state index in [1.165, 1.54) is 7.11 Å². The standard InChI is InChI=1S/C10H19NO4/c1-5-10(3,9(13)14)6-11-8(12)7(2)15-4/h7H,5-6H2,1-4H3,(H,11,12)(H,13,14). The highest BCUT2D eigenvalue weighted by Crippen LogP contribution is 2.19. The molecule has 15 heavy (non-hydrogen) atoms. The predicted octanol–water partition coefficient (Wildman–Crippen LogP) is 0.638. The number of hydrogen-bond acceptors (Lipinski definition) is 3. The van der Waals surface area contributed by atoms with E-state index in [-0.39, 0.29) is 12.5 Å². The van der Waals surface area contributed by atoms with E-state index in [1.54, 1.807) is 20.8 Å². The highest BCUT2D eigenvalue weighted by atomic mass is 16.5. The maximum Gasteiger partial charge on any atom is 0.311 e. The number of amides is 1. The Bertz CT molecular complexity index is 242. The van der Waals surface area contributed by atoms with Crippen molar-refractivity contribution in [2.75, 3.05) is 13.7 Å². The van der Waals surface area contributed by atoms with Gasteiger partial charge in [-0.3, -0.25) is 9.59 Å². The van der Waals surface area contributed by atoms with Crippen molar-refractivity contribution in [3.63, 3.8) is 0 Å². The lowest BCUT2D eigenvalue weighted by Crippen LogP contribution is -2.43. The summed E-state index contributed by atoms with van der Waals surface area (Å²) in [7, 11) is 1.43. The lowest BCUT2D eigenvalue weighted by molar-refractivity contribution is -0.148. The van der Waals surface area contributed by atoms with E-state index in [0.29, 0.717) is 6.42 Å². The Kier molecular flexibility index (Phi) is 5.28. The monoisotopic (exact) mass is 217 g/mol. The molecule has 2 unspecified atom stereocenters. The largest absolute Gasteiger partial charge is 0.481 e. The summed E-state index contributed by atoms with van der Waals surface area (Å²) < 4.78 is 4.81. The second-order valence-corrected chi connectivity index (χ2v) is 3.82. The molecule has 5 nitrogen and oxygen atoms in total. The van der Waals surface area contributed by atoms with Gasteiger partial charge in [0, 0.05) is 13.7 Å². The number of hydrogen-bond donors (Lipinski definition) is 2. The van der Waals surface area contributed by atoms with Crippen LogP contribution in [0, 0.1) is 5.41 Å². The predicted molar refractivity (Wildman–Crippen MR) is 55.5 cm³/mol. The first kappa shape index (κ1) is 13.9. The van der Waals surface area contributed by atoms with Gasteiger partial charge >= 0.3 is 5.97 Å². The minimum absolute atomic E-state index is 0.116. The van der Waals surface area contributed by atoms with Crippen LogP contribution in [0.2, 0.25) is 0 Å². The number of carbonyl (C=O) groups excluding carboxylic acids is 1. The maximum atomic E-state index is 11.3. The summed E-state index contributed by atoms with van der Waals surface area (Å²) >= 11 is 0. The molecular weight excluding hydrogens is 198 g/mol. The van der Waals surface area contributed by atoms with E-state index in [4.69, 9.17) is 9.84 Å². The van der Waals surface area contributed by atoms with Gasteiger partial charge in [-0.2, -0.15) is 0 Å². The molecule has 0 rings (SSSR count). The summed E-state index contributed by atoms with van der Waals surface area (Å²) in [5.41, 5.74) is -0.914. The van der Waals surface area contributed by atoms with Gasteiger partial charge in [0.15, 0.2) is 0 Å². The number of carboxylic acid groups (broad SMARTS) is 1. The van der Waals surface area contributed by atoms with Crippen molar-refractivity contribution in [3.8, 4) is 0 Å². The first-order chi connectivity index (χ1) is 6.87. The minimum Gasteiger partial charge on any atom is -0.481 e. The Morgan fingerprint density at radius 2 is 2.07 bits per heavy atom. The lowest BCUT2D eigenvalue weighted by atomic mass is 9.87. The molecule has 1 amide bonds. The number of carbonyl (C=O) groups is 2. The van der Waals surface area contributed by atoms with Crippen molar-refractivity contribution in [1.29, 1.82) is 0 Å². The first-order valence-corrected chi connectivity index (χ1v) is 4.91. The maximum absolute atomic E-state index is 11.3. The zero-order valence-electron chi connectivity index (χ0n) is 9.66. The summed E-state index contributed by atoms with van der Waals surface area (Å²) in [6, 6.07) is 0. The summed E-state index contributed by atoms with van der Waals surface area (Å²) in [6.45, 7) is 5.11. The fourth-order valence-electron chi connectivity index (χ4n) is 0.885. The summed E-state index contributed by atoms with van der Waals surface area (Å²) in [6.07, 6.45) is -0.0934. The molecule has 0 aromatic rings. The van der Waals surface area contributed by atoms with E-state index >= 15 is 0 Å². The van der Waals surface area contributed by atoms with Crippen LogP contribution in [-0.4, -0.2) is 36.7 Å². The molecule has 0 saturated heterocycles. The lowest BCUT2D eigenvalue weighted by Gasteiger charge is -2.23. The fraction of sp³-hybridized carbons (Fsp3) is 0.800. The van der Waals surface area contributed by atoms with Crippen LogP contribution in [0.3, 0.4) is 0 Å². The van der Waals surface area contributed by atoms with Gasteiger partial charge in [-0.1, -0.05) is 6.92 Å². The zero-order chi connectivity index (χ0) is 12.1. The summed E-state index contributed by atoms with van der Waals surface area (Å²) in [5.74, 6) is -1.20. The van der Waals surface area contributed by atoms with Crippen LogP contribution < -0.4 is 5.32 Å². The third-order valence-electron chi connectivity index (χ3n) is 2.67. The minimum atomic E-state index is -0.914. The molecular formula is C10H19NO4. The van der Waals surface area contributed by atoms with Crippen molar-refractivity contribution in [2.24, 2.45) is 5.41 Å². The third-order valence-corrected chi connectivity index (χ3v) is 2.67. The van der Waals surface area contributed by atoms with Gasteiger partial charge in [0.05, 0.1) is 5.41 Å². The van der Waals surface area contributed by atoms with Crippen molar-refractivity contribution in [3.05, 3.63) is 0 Å². The van der Waals surface area contributed by atoms with E-state index in [0.717, 1.165) is 0 Å². The SMILES string of the molecule is CCC(C)(CNC(=O)C(C)OC)C(=O)O. The third kappa shape index (κ3) is 3.87. The molecule has 0 fully saturated rings. The van der Waals surface area contributed by atoms with Crippen LogP contribution in [0.1, 0.15) is 27.2 Å². The molecule has 88 valence electrons. The number of methoxy groups -OCH3 is 1. The van der Waals surface area contributed by atoms with E-state index < -0.39 is 17.5 Å². The Morgan fingerprint density at radius 3 is 2.40 bits per heavy atom. The number of carboxylic acids is 1.